The van der Waals surface area contributed by atoms with Crippen LogP contribution < -0.4 is 10.2 Å². The van der Waals surface area contributed by atoms with Crippen LogP contribution in [0.2, 0.25) is 5.02 Å². The van der Waals surface area contributed by atoms with Gasteiger partial charge in [-0.1, -0.05) is 50.4 Å². The molecule has 0 saturated carbocycles. The molecule has 0 amide bonds. The molecule has 0 radical (unpaired) electrons. The number of benzene rings is 1. The molecule has 0 unspecified atom stereocenters. The molecule has 0 fully saturated rings. The average Bonchev–Trinajstić information content (AvgIpc) is 2.43. The van der Waals surface area contributed by atoms with Gasteiger partial charge in [0.1, 0.15) is 5.69 Å². The molecule has 0 spiro atoms. The molecule has 5 heteroatoms. The fourth-order valence-electron chi connectivity index (χ4n) is 2.61. The van der Waals surface area contributed by atoms with Gasteiger partial charge in [-0.3, -0.25) is 4.79 Å². The van der Waals surface area contributed by atoms with Crippen LogP contribution in [-0.2, 0) is 5.41 Å². The van der Waals surface area contributed by atoms with E-state index < -0.39 is 0 Å². The van der Waals surface area contributed by atoms with E-state index in [9.17, 15) is 4.79 Å². The summed E-state index contributed by atoms with van der Waals surface area (Å²) in [4.78, 5) is 15.6. The fourth-order valence-corrected chi connectivity index (χ4v) is 3.51. The van der Waals surface area contributed by atoms with Gasteiger partial charge in [-0.05, 0) is 36.5 Å². The second-order valence-corrected chi connectivity index (χ2v) is 7.77. The summed E-state index contributed by atoms with van der Waals surface area (Å²) in [5.41, 5.74) is 5.32. The average molecular weight is 351 g/mol. The Bertz CT molecular complexity index is 791. The molecule has 2 N–H and O–H groups in total. The summed E-state index contributed by atoms with van der Waals surface area (Å²) in [5.74, 6) is 0. The fraction of sp³-hybridized carbons (Fsp3) is 0.389. The van der Waals surface area contributed by atoms with E-state index >= 15 is 0 Å². The van der Waals surface area contributed by atoms with Gasteiger partial charge in [0.05, 0.1) is 0 Å². The van der Waals surface area contributed by atoms with Gasteiger partial charge in [-0.2, -0.15) is 0 Å². The van der Waals surface area contributed by atoms with E-state index in [1.165, 1.54) is 11.9 Å². The summed E-state index contributed by atoms with van der Waals surface area (Å²) < 4.78 is 3.02. The van der Waals surface area contributed by atoms with Crippen molar-refractivity contribution in [1.82, 2.24) is 4.98 Å². The zero-order valence-electron chi connectivity index (χ0n) is 14.4. The third-order valence-electron chi connectivity index (χ3n) is 3.84. The molecule has 1 aromatic carbocycles. The SMILES string of the molecule is CSNc1c(C)[nH]c(-c2cc(Cl)c(C(C)(C)C)cc2C)cc1=O. The largest absolute Gasteiger partial charge is 0.357 e. The van der Waals surface area contributed by atoms with Crippen molar-refractivity contribution >= 4 is 29.2 Å². The van der Waals surface area contributed by atoms with Crippen LogP contribution in [0.25, 0.3) is 11.3 Å². The Balaban J connectivity index is 2.60. The van der Waals surface area contributed by atoms with Gasteiger partial charge in [-0.15, -0.1) is 0 Å². The molecule has 1 aromatic heterocycles. The van der Waals surface area contributed by atoms with Gasteiger partial charge in [0.15, 0.2) is 0 Å². The first-order chi connectivity index (χ1) is 10.6. The Labute approximate surface area is 147 Å². The molecule has 0 aliphatic rings. The standard InChI is InChI=1S/C18H23ClN2OS/c1-10-7-13(18(3,4)5)14(19)8-12(10)15-9-16(22)17(21-23-6)11(2)20-15/h7-9,21H,1-6H3,(H,20,22). The third-order valence-corrected chi connectivity index (χ3v) is 4.56. The number of rotatable bonds is 3. The van der Waals surface area contributed by atoms with E-state index in [1.807, 2.05) is 26.2 Å². The van der Waals surface area contributed by atoms with Crippen molar-refractivity contribution in [2.75, 3.05) is 11.0 Å². The predicted octanol–water partition coefficient (Wildman–Crippen LogP) is 5.30. The van der Waals surface area contributed by atoms with Crippen LogP contribution in [0, 0.1) is 13.8 Å². The maximum Gasteiger partial charge on any atom is 0.206 e. The molecule has 0 saturated heterocycles. The maximum absolute atomic E-state index is 12.3. The molecular weight excluding hydrogens is 328 g/mol. The Morgan fingerprint density at radius 2 is 1.83 bits per heavy atom. The number of anilines is 1. The number of H-pyrrole nitrogens is 1. The molecular formula is C18H23ClN2OS. The number of hydrogen-bond acceptors (Lipinski definition) is 3. The Kier molecular flexibility index (Phi) is 5.17. The minimum absolute atomic E-state index is 0.0180. The summed E-state index contributed by atoms with van der Waals surface area (Å²) in [6.07, 6.45) is 1.89. The zero-order chi connectivity index (χ0) is 17.4. The second kappa shape index (κ2) is 6.62. The molecule has 2 rings (SSSR count). The highest BCUT2D eigenvalue weighted by Gasteiger charge is 2.19. The first-order valence-electron chi connectivity index (χ1n) is 7.49. The lowest BCUT2D eigenvalue weighted by Crippen LogP contribution is -2.13. The number of aromatic amines is 1. The molecule has 0 bridgehead atoms. The first kappa shape index (κ1) is 18.0. The van der Waals surface area contributed by atoms with Crippen molar-refractivity contribution in [3.63, 3.8) is 0 Å². The minimum Gasteiger partial charge on any atom is -0.357 e. The first-order valence-corrected chi connectivity index (χ1v) is 9.09. The smallest absolute Gasteiger partial charge is 0.206 e. The lowest BCUT2D eigenvalue weighted by atomic mass is 9.85. The van der Waals surface area contributed by atoms with E-state index in [4.69, 9.17) is 11.6 Å². The van der Waals surface area contributed by atoms with Crippen molar-refractivity contribution in [3.05, 3.63) is 50.3 Å². The summed E-state index contributed by atoms with van der Waals surface area (Å²) in [6.45, 7) is 10.4. The zero-order valence-corrected chi connectivity index (χ0v) is 16.0. The highest BCUT2D eigenvalue weighted by molar-refractivity contribution is 7.99. The number of nitrogens with one attached hydrogen (secondary N) is 2. The van der Waals surface area contributed by atoms with E-state index in [0.29, 0.717) is 5.69 Å². The van der Waals surface area contributed by atoms with Gasteiger partial charge in [-0.25, -0.2) is 0 Å². The molecule has 0 aliphatic heterocycles. The number of hydrogen-bond donors (Lipinski definition) is 2. The van der Waals surface area contributed by atoms with Crippen molar-refractivity contribution in [2.45, 2.75) is 40.0 Å². The highest BCUT2D eigenvalue weighted by Crippen LogP contribution is 2.35. The quantitative estimate of drug-likeness (QED) is 0.738. The predicted molar refractivity (Wildman–Crippen MR) is 103 cm³/mol. The third kappa shape index (κ3) is 3.75. The summed E-state index contributed by atoms with van der Waals surface area (Å²) in [7, 11) is 0. The summed E-state index contributed by atoms with van der Waals surface area (Å²) in [5, 5.41) is 0.725. The normalized spacial score (nSPS) is 11.6. The van der Waals surface area contributed by atoms with Gasteiger partial charge < -0.3 is 9.71 Å². The van der Waals surface area contributed by atoms with E-state index in [0.717, 1.165) is 33.1 Å². The van der Waals surface area contributed by atoms with Gasteiger partial charge in [0.2, 0.25) is 5.43 Å². The lowest BCUT2D eigenvalue weighted by Gasteiger charge is -2.22. The van der Waals surface area contributed by atoms with Crippen molar-refractivity contribution in [3.8, 4) is 11.3 Å². The number of halogens is 1. The topological polar surface area (TPSA) is 44.9 Å². The van der Waals surface area contributed by atoms with Crippen molar-refractivity contribution in [1.29, 1.82) is 0 Å². The van der Waals surface area contributed by atoms with Crippen LogP contribution in [0.5, 0.6) is 0 Å². The van der Waals surface area contributed by atoms with Crippen LogP contribution in [0.15, 0.2) is 23.0 Å². The number of aromatic nitrogens is 1. The summed E-state index contributed by atoms with van der Waals surface area (Å²) in [6, 6.07) is 5.68. The van der Waals surface area contributed by atoms with Gasteiger partial charge in [0.25, 0.3) is 0 Å². The Morgan fingerprint density at radius 3 is 2.35 bits per heavy atom. The molecule has 0 aliphatic carbocycles. The van der Waals surface area contributed by atoms with E-state index in [2.05, 4.69) is 36.5 Å². The molecule has 3 nitrogen and oxygen atoms in total. The summed E-state index contributed by atoms with van der Waals surface area (Å²) >= 11 is 7.89. The van der Waals surface area contributed by atoms with Crippen LogP contribution >= 0.6 is 23.5 Å². The lowest BCUT2D eigenvalue weighted by molar-refractivity contribution is 0.590. The molecule has 2 aromatic rings. The van der Waals surface area contributed by atoms with Crippen LogP contribution in [-0.4, -0.2) is 11.2 Å². The monoisotopic (exact) mass is 350 g/mol. The molecule has 1 heterocycles. The van der Waals surface area contributed by atoms with Crippen LogP contribution in [0.4, 0.5) is 5.69 Å². The minimum atomic E-state index is -0.0268. The maximum atomic E-state index is 12.3. The Hall–Kier alpha value is -1.39. The molecule has 124 valence electrons. The highest BCUT2D eigenvalue weighted by atomic mass is 35.5. The molecule has 0 atom stereocenters. The van der Waals surface area contributed by atoms with E-state index in [1.54, 1.807) is 6.07 Å². The van der Waals surface area contributed by atoms with Crippen LogP contribution in [0.3, 0.4) is 0 Å². The van der Waals surface area contributed by atoms with Gasteiger partial charge in [0, 0.05) is 34.3 Å². The van der Waals surface area contributed by atoms with Crippen molar-refractivity contribution < 1.29 is 0 Å². The van der Waals surface area contributed by atoms with Gasteiger partial charge >= 0.3 is 0 Å². The van der Waals surface area contributed by atoms with Crippen LogP contribution in [0.1, 0.15) is 37.6 Å². The Morgan fingerprint density at radius 1 is 1.17 bits per heavy atom. The molecule has 23 heavy (non-hydrogen) atoms. The number of pyridine rings is 1. The number of aryl methyl sites for hydroxylation is 2. The van der Waals surface area contributed by atoms with E-state index in [-0.39, 0.29) is 10.8 Å². The van der Waals surface area contributed by atoms with Crippen molar-refractivity contribution in [2.24, 2.45) is 0 Å². The second-order valence-electron chi connectivity index (χ2n) is 6.75.